The summed E-state index contributed by atoms with van der Waals surface area (Å²) < 4.78 is 5.13. The van der Waals surface area contributed by atoms with Crippen molar-refractivity contribution in [1.82, 2.24) is 4.90 Å². The quantitative estimate of drug-likeness (QED) is 0.781. The van der Waals surface area contributed by atoms with Gasteiger partial charge in [-0.1, -0.05) is 6.07 Å². The Balaban J connectivity index is 1.76. The van der Waals surface area contributed by atoms with E-state index in [4.69, 9.17) is 10.00 Å². The van der Waals surface area contributed by atoms with Crippen molar-refractivity contribution in [2.75, 3.05) is 33.4 Å². The Hall–Kier alpha value is -0.890. The Morgan fingerprint density at radius 3 is 2.94 bits per heavy atom. The van der Waals surface area contributed by atoms with Crippen LogP contribution in [0.15, 0.2) is 17.5 Å². The van der Waals surface area contributed by atoms with Gasteiger partial charge in [0.25, 0.3) is 0 Å². The second-order valence-corrected chi connectivity index (χ2v) is 5.48. The van der Waals surface area contributed by atoms with Gasteiger partial charge < -0.3 is 9.64 Å². The van der Waals surface area contributed by atoms with Gasteiger partial charge in [-0.05, 0) is 24.9 Å². The van der Waals surface area contributed by atoms with Crippen LogP contribution in [0.25, 0.3) is 0 Å². The van der Waals surface area contributed by atoms with E-state index in [1.165, 1.54) is 4.88 Å². The zero-order valence-electron chi connectivity index (χ0n) is 9.48. The van der Waals surface area contributed by atoms with Crippen molar-refractivity contribution in [3.05, 3.63) is 22.4 Å². The number of nitriles is 1. The van der Waals surface area contributed by atoms with Crippen molar-refractivity contribution < 1.29 is 4.74 Å². The number of rotatable bonds is 5. The molecule has 0 radical (unpaired) electrons. The number of thiophene rings is 1. The zero-order chi connectivity index (χ0) is 11.4. The number of nitrogens with zero attached hydrogens (tertiary/aromatic N) is 2. The molecule has 0 unspecified atom stereocenters. The van der Waals surface area contributed by atoms with E-state index in [1.807, 2.05) is 0 Å². The Morgan fingerprint density at radius 1 is 1.62 bits per heavy atom. The lowest BCUT2D eigenvalue weighted by Crippen LogP contribution is -2.49. The highest BCUT2D eigenvalue weighted by molar-refractivity contribution is 7.09. The van der Waals surface area contributed by atoms with Crippen molar-refractivity contribution in [3.8, 4) is 6.07 Å². The molecule has 3 nitrogen and oxygen atoms in total. The van der Waals surface area contributed by atoms with E-state index >= 15 is 0 Å². The summed E-state index contributed by atoms with van der Waals surface area (Å²) in [6.07, 6.45) is 1.07. The molecule has 1 aliphatic heterocycles. The van der Waals surface area contributed by atoms with Gasteiger partial charge in [-0.2, -0.15) is 5.26 Å². The first-order valence-corrected chi connectivity index (χ1v) is 6.32. The maximum atomic E-state index is 9.08. The van der Waals surface area contributed by atoms with Gasteiger partial charge in [-0.3, -0.25) is 0 Å². The van der Waals surface area contributed by atoms with Crippen LogP contribution in [0, 0.1) is 16.7 Å². The van der Waals surface area contributed by atoms with Gasteiger partial charge in [0.15, 0.2) is 0 Å². The fraction of sp³-hybridized carbons (Fsp3) is 0.583. The van der Waals surface area contributed by atoms with E-state index in [-0.39, 0.29) is 5.41 Å². The molecule has 0 saturated carbocycles. The van der Waals surface area contributed by atoms with E-state index in [1.54, 1.807) is 11.3 Å². The summed E-state index contributed by atoms with van der Waals surface area (Å²) in [4.78, 5) is 3.63. The minimum Gasteiger partial charge on any atom is -0.378 e. The minimum atomic E-state index is -0.246. The molecule has 2 rings (SSSR count). The molecule has 4 heteroatoms. The average molecular weight is 236 g/mol. The highest BCUT2D eigenvalue weighted by atomic mass is 32.1. The van der Waals surface area contributed by atoms with Crippen LogP contribution in [0.1, 0.15) is 4.88 Å². The zero-order valence-corrected chi connectivity index (χ0v) is 10.3. The lowest BCUT2D eigenvalue weighted by Gasteiger charge is -2.37. The number of hydrogen-bond acceptors (Lipinski definition) is 4. The summed E-state index contributed by atoms with van der Waals surface area (Å²) in [5, 5.41) is 11.2. The summed E-state index contributed by atoms with van der Waals surface area (Å²) in [7, 11) is 2.07. The molecule has 0 amide bonds. The predicted molar refractivity (Wildman–Crippen MR) is 64.4 cm³/mol. The van der Waals surface area contributed by atoms with E-state index in [0.29, 0.717) is 13.2 Å². The molecule has 1 fully saturated rings. The van der Waals surface area contributed by atoms with Crippen molar-refractivity contribution in [1.29, 1.82) is 5.26 Å². The second-order valence-electron chi connectivity index (χ2n) is 4.45. The Bertz CT molecular complexity index is 365. The van der Waals surface area contributed by atoms with E-state index in [0.717, 1.165) is 19.5 Å². The van der Waals surface area contributed by atoms with Crippen LogP contribution in [-0.4, -0.2) is 38.3 Å². The van der Waals surface area contributed by atoms with E-state index < -0.39 is 0 Å². The summed E-state index contributed by atoms with van der Waals surface area (Å²) >= 11 is 1.79. The molecule has 1 aliphatic rings. The molecule has 1 aromatic heterocycles. The lowest BCUT2D eigenvalue weighted by atomic mass is 9.87. The SMILES string of the molecule is CN(CCc1cccs1)CC1(C#N)COC1. The molecule has 86 valence electrons. The minimum absolute atomic E-state index is 0.246. The Morgan fingerprint density at radius 2 is 2.44 bits per heavy atom. The fourth-order valence-electron chi connectivity index (χ4n) is 1.89. The van der Waals surface area contributed by atoms with Gasteiger partial charge in [0.05, 0.1) is 19.3 Å². The summed E-state index contributed by atoms with van der Waals surface area (Å²) in [5.74, 6) is 0. The van der Waals surface area contributed by atoms with Crippen LogP contribution < -0.4 is 0 Å². The summed E-state index contributed by atoms with van der Waals surface area (Å²) in [6.45, 7) is 3.00. The molecule has 2 heterocycles. The van der Waals surface area contributed by atoms with Crippen LogP contribution in [0.4, 0.5) is 0 Å². The number of likely N-dealkylation sites (N-methyl/N-ethyl adjacent to an activating group) is 1. The van der Waals surface area contributed by atoms with Crippen LogP contribution in [0.2, 0.25) is 0 Å². The molecule has 0 aliphatic carbocycles. The Labute approximate surface area is 100 Å². The number of ether oxygens (including phenoxy) is 1. The van der Waals surface area contributed by atoms with Gasteiger partial charge in [0, 0.05) is 18.0 Å². The van der Waals surface area contributed by atoms with Crippen LogP contribution >= 0.6 is 11.3 Å². The summed E-state index contributed by atoms with van der Waals surface area (Å²) in [6, 6.07) is 6.61. The predicted octanol–water partition coefficient (Wildman–Crippen LogP) is 1.76. The van der Waals surface area contributed by atoms with Gasteiger partial charge in [-0.25, -0.2) is 0 Å². The molecule has 0 spiro atoms. The van der Waals surface area contributed by atoms with Crippen LogP contribution in [0.5, 0.6) is 0 Å². The molecule has 0 atom stereocenters. The van der Waals surface area contributed by atoms with Gasteiger partial charge >= 0.3 is 0 Å². The molecule has 0 N–H and O–H groups in total. The van der Waals surface area contributed by atoms with Crippen LogP contribution in [0.3, 0.4) is 0 Å². The summed E-state index contributed by atoms with van der Waals surface area (Å²) in [5.41, 5.74) is -0.246. The first-order valence-electron chi connectivity index (χ1n) is 5.44. The highest BCUT2D eigenvalue weighted by Gasteiger charge is 2.39. The van der Waals surface area contributed by atoms with E-state index in [9.17, 15) is 0 Å². The smallest absolute Gasteiger partial charge is 0.116 e. The number of hydrogen-bond donors (Lipinski definition) is 0. The third kappa shape index (κ3) is 2.62. The van der Waals surface area contributed by atoms with Crippen LogP contribution in [-0.2, 0) is 11.2 Å². The van der Waals surface area contributed by atoms with Crippen molar-refractivity contribution in [2.45, 2.75) is 6.42 Å². The van der Waals surface area contributed by atoms with Crippen molar-refractivity contribution in [2.24, 2.45) is 5.41 Å². The monoisotopic (exact) mass is 236 g/mol. The fourth-order valence-corrected chi connectivity index (χ4v) is 2.59. The Kier molecular flexibility index (Phi) is 3.59. The van der Waals surface area contributed by atoms with Gasteiger partial charge in [-0.15, -0.1) is 11.3 Å². The first-order chi connectivity index (χ1) is 7.74. The second kappa shape index (κ2) is 4.96. The van der Waals surface area contributed by atoms with E-state index in [2.05, 4.69) is 35.5 Å². The molecular weight excluding hydrogens is 220 g/mol. The third-order valence-electron chi connectivity index (χ3n) is 2.89. The maximum absolute atomic E-state index is 9.08. The van der Waals surface area contributed by atoms with Gasteiger partial charge in [0.1, 0.15) is 5.41 Å². The largest absolute Gasteiger partial charge is 0.378 e. The standard InChI is InChI=1S/C12H16N2OS/c1-14(5-4-11-3-2-6-16-11)8-12(7-13)9-15-10-12/h2-3,6H,4-5,8-10H2,1H3. The maximum Gasteiger partial charge on any atom is 0.116 e. The third-order valence-corrected chi connectivity index (χ3v) is 3.82. The topological polar surface area (TPSA) is 36.3 Å². The highest BCUT2D eigenvalue weighted by Crippen LogP contribution is 2.27. The first kappa shape index (κ1) is 11.6. The van der Waals surface area contributed by atoms with Crippen molar-refractivity contribution >= 4 is 11.3 Å². The molecule has 1 saturated heterocycles. The molecule has 1 aromatic rings. The van der Waals surface area contributed by atoms with Crippen molar-refractivity contribution in [3.63, 3.8) is 0 Å². The molecule has 0 bridgehead atoms. The molecule has 16 heavy (non-hydrogen) atoms. The molecular formula is C12H16N2OS. The van der Waals surface area contributed by atoms with Gasteiger partial charge in [0.2, 0.25) is 0 Å². The molecule has 0 aromatic carbocycles. The average Bonchev–Trinajstić information content (AvgIpc) is 2.73. The normalized spacial score (nSPS) is 18.1. The lowest BCUT2D eigenvalue weighted by molar-refractivity contribution is -0.0886.